The standard InChI is InChI=1S/C20H33N5O2/c1-14-15(2)21-16(3)22-20(14)25-8-7-18(17(13-25)5-6-19(26)27)24-11-9-23(4)10-12-24/h17-18H,5-13H2,1-4H3,(H,26,27)/t17-,18+/m0/s1. The van der Waals surface area contributed by atoms with Crippen LogP contribution in [0.4, 0.5) is 5.82 Å². The van der Waals surface area contributed by atoms with Crippen molar-refractivity contribution in [3.8, 4) is 0 Å². The van der Waals surface area contributed by atoms with Crippen LogP contribution in [0.1, 0.15) is 36.3 Å². The number of aliphatic carboxylic acids is 1. The molecule has 2 fully saturated rings. The lowest BCUT2D eigenvalue weighted by Crippen LogP contribution is -2.56. The summed E-state index contributed by atoms with van der Waals surface area (Å²) in [6.07, 6.45) is 2.03. The number of aromatic nitrogens is 2. The molecule has 1 aromatic heterocycles. The fourth-order valence-corrected chi connectivity index (χ4v) is 4.50. The van der Waals surface area contributed by atoms with Gasteiger partial charge in [0.05, 0.1) is 0 Å². The molecule has 7 heteroatoms. The monoisotopic (exact) mass is 375 g/mol. The number of aryl methyl sites for hydroxylation is 2. The second kappa shape index (κ2) is 8.52. The first-order valence-electron chi connectivity index (χ1n) is 10.1. The first-order chi connectivity index (χ1) is 12.8. The minimum absolute atomic E-state index is 0.240. The Morgan fingerprint density at radius 2 is 1.81 bits per heavy atom. The number of carboxylic acids is 1. The maximum Gasteiger partial charge on any atom is 0.303 e. The van der Waals surface area contributed by atoms with E-state index in [1.54, 1.807) is 0 Å². The van der Waals surface area contributed by atoms with Crippen molar-refractivity contribution in [1.29, 1.82) is 0 Å². The van der Waals surface area contributed by atoms with Crippen LogP contribution in [0.2, 0.25) is 0 Å². The minimum Gasteiger partial charge on any atom is -0.481 e. The number of anilines is 1. The Bertz CT molecular complexity index is 673. The lowest BCUT2D eigenvalue weighted by molar-refractivity contribution is -0.137. The molecule has 1 N–H and O–H groups in total. The molecule has 3 heterocycles. The number of hydrogen-bond donors (Lipinski definition) is 1. The third kappa shape index (κ3) is 4.76. The van der Waals surface area contributed by atoms with E-state index in [2.05, 4.69) is 33.7 Å². The quantitative estimate of drug-likeness (QED) is 0.840. The topological polar surface area (TPSA) is 72.8 Å². The van der Waals surface area contributed by atoms with E-state index in [1.165, 1.54) is 0 Å². The molecule has 0 spiro atoms. The van der Waals surface area contributed by atoms with Crippen molar-refractivity contribution in [3.05, 3.63) is 17.1 Å². The molecular formula is C20H33N5O2. The third-order valence-electron chi connectivity index (χ3n) is 6.20. The Morgan fingerprint density at radius 3 is 2.48 bits per heavy atom. The highest BCUT2D eigenvalue weighted by Crippen LogP contribution is 2.31. The number of carboxylic acid groups (broad SMARTS) is 1. The molecule has 1 aromatic rings. The summed E-state index contributed by atoms with van der Waals surface area (Å²) in [4.78, 5) is 27.7. The van der Waals surface area contributed by atoms with Gasteiger partial charge in [0, 0.05) is 63.0 Å². The zero-order chi connectivity index (χ0) is 19.6. The van der Waals surface area contributed by atoms with Gasteiger partial charge < -0.3 is 14.9 Å². The molecule has 7 nitrogen and oxygen atoms in total. The molecule has 0 saturated carbocycles. The summed E-state index contributed by atoms with van der Waals surface area (Å²) in [6, 6.07) is 0.471. The highest BCUT2D eigenvalue weighted by molar-refractivity contribution is 5.66. The van der Waals surface area contributed by atoms with E-state index in [0.29, 0.717) is 12.0 Å². The largest absolute Gasteiger partial charge is 0.481 e. The fourth-order valence-electron chi connectivity index (χ4n) is 4.50. The molecule has 27 heavy (non-hydrogen) atoms. The molecule has 0 unspecified atom stereocenters. The fraction of sp³-hybridized carbons (Fsp3) is 0.750. The van der Waals surface area contributed by atoms with Crippen LogP contribution in [0, 0.1) is 26.7 Å². The summed E-state index contributed by atoms with van der Waals surface area (Å²) in [5.41, 5.74) is 2.16. The summed E-state index contributed by atoms with van der Waals surface area (Å²) in [6.45, 7) is 12.2. The normalized spacial score (nSPS) is 25.0. The molecule has 0 amide bonds. The van der Waals surface area contributed by atoms with E-state index in [9.17, 15) is 9.90 Å². The van der Waals surface area contributed by atoms with Crippen molar-refractivity contribution in [1.82, 2.24) is 19.8 Å². The van der Waals surface area contributed by atoms with Gasteiger partial charge in [0.2, 0.25) is 0 Å². The van der Waals surface area contributed by atoms with Crippen molar-refractivity contribution in [2.75, 3.05) is 51.2 Å². The summed E-state index contributed by atoms with van der Waals surface area (Å²) in [7, 11) is 2.17. The molecule has 0 aromatic carbocycles. The molecule has 0 radical (unpaired) electrons. The summed E-state index contributed by atoms with van der Waals surface area (Å²) < 4.78 is 0. The molecule has 0 aliphatic carbocycles. The zero-order valence-electron chi connectivity index (χ0n) is 17.1. The number of rotatable bonds is 5. The minimum atomic E-state index is -0.700. The van der Waals surface area contributed by atoms with Crippen LogP contribution in [0.3, 0.4) is 0 Å². The smallest absolute Gasteiger partial charge is 0.303 e. The molecule has 2 saturated heterocycles. The number of piperazine rings is 1. The number of piperidine rings is 1. The third-order valence-corrected chi connectivity index (χ3v) is 6.20. The van der Waals surface area contributed by atoms with E-state index in [0.717, 1.165) is 75.0 Å². The van der Waals surface area contributed by atoms with Gasteiger partial charge in [-0.2, -0.15) is 0 Å². The van der Waals surface area contributed by atoms with Gasteiger partial charge in [0.15, 0.2) is 0 Å². The van der Waals surface area contributed by atoms with E-state index < -0.39 is 5.97 Å². The summed E-state index contributed by atoms with van der Waals surface area (Å²) in [5, 5.41) is 9.22. The Balaban J connectivity index is 1.77. The van der Waals surface area contributed by atoms with Crippen LogP contribution >= 0.6 is 0 Å². The van der Waals surface area contributed by atoms with Gasteiger partial charge in [-0.15, -0.1) is 0 Å². The SMILES string of the molecule is Cc1nc(C)c(C)c(N2CC[C@@H](N3CCN(C)CC3)[C@@H](CCC(=O)O)C2)n1. The van der Waals surface area contributed by atoms with Gasteiger partial charge in [0.25, 0.3) is 0 Å². The number of carbonyl (C=O) groups is 1. The number of likely N-dealkylation sites (N-methyl/N-ethyl adjacent to an activating group) is 1. The lowest BCUT2D eigenvalue weighted by atomic mass is 9.86. The first-order valence-corrected chi connectivity index (χ1v) is 10.1. The molecular weight excluding hydrogens is 342 g/mol. The van der Waals surface area contributed by atoms with Gasteiger partial charge >= 0.3 is 5.97 Å². The maximum atomic E-state index is 11.2. The van der Waals surface area contributed by atoms with Gasteiger partial charge in [-0.3, -0.25) is 9.69 Å². The molecule has 150 valence electrons. The van der Waals surface area contributed by atoms with Crippen molar-refractivity contribution < 1.29 is 9.90 Å². The second-order valence-electron chi connectivity index (χ2n) is 8.14. The maximum absolute atomic E-state index is 11.2. The molecule has 0 bridgehead atoms. The Morgan fingerprint density at radius 1 is 1.11 bits per heavy atom. The van der Waals surface area contributed by atoms with Crippen LogP contribution in [0.5, 0.6) is 0 Å². The van der Waals surface area contributed by atoms with Crippen molar-refractivity contribution in [2.24, 2.45) is 5.92 Å². The van der Waals surface area contributed by atoms with Crippen molar-refractivity contribution in [3.63, 3.8) is 0 Å². The van der Waals surface area contributed by atoms with Gasteiger partial charge in [-0.1, -0.05) is 0 Å². The second-order valence-corrected chi connectivity index (χ2v) is 8.14. The first kappa shape index (κ1) is 20.0. The molecule has 2 aliphatic heterocycles. The molecule has 2 atom stereocenters. The Kier molecular flexibility index (Phi) is 6.32. The average Bonchev–Trinajstić information content (AvgIpc) is 2.63. The lowest BCUT2D eigenvalue weighted by Gasteiger charge is -2.47. The summed E-state index contributed by atoms with van der Waals surface area (Å²) >= 11 is 0. The van der Waals surface area contributed by atoms with Gasteiger partial charge in [-0.25, -0.2) is 9.97 Å². The van der Waals surface area contributed by atoms with E-state index in [1.807, 2.05) is 13.8 Å². The summed E-state index contributed by atoms with van der Waals surface area (Å²) in [5.74, 6) is 1.48. The van der Waals surface area contributed by atoms with Crippen LogP contribution in [-0.2, 0) is 4.79 Å². The van der Waals surface area contributed by atoms with Gasteiger partial charge in [0.1, 0.15) is 11.6 Å². The van der Waals surface area contributed by atoms with Crippen LogP contribution < -0.4 is 4.90 Å². The van der Waals surface area contributed by atoms with Crippen LogP contribution in [0.15, 0.2) is 0 Å². The molecule has 2 aliphatic rings. The van der Waals surface area contributed by atoms with E-state index >= 15 is 0 Å². The van der Waals surface area contributed by atoms with E-state index in [4.69, 9.17) is 4.98 Å². The van der Waals surface area contributed by atoms with Gasteiger partial charge in [-0.05, 0) is 46.6 Å². The van der Waals surface area contributed by atoms with Crippen molar-refractivity contribution >= 4 is 11.8 Å². The predicted molar refractivity (Wildman–Crippen MR) is 106 cm³/mol. The highest BCUT2D eigenvalue weighted by Gasteiger charge is 2.35. The number of hydrogen-bond acceptors (Lipinski definition) is 6. The number of nitrogens with zero attached hydrogens (tertiary/aromatic N) is 5. The van der Waals surface area contributed by atoms with Crippen molar-refractivity contribution in [2.45, 2.75) is 46.1 Å². The average molecular weight is 376 g/mol. The zero-order valence-corrected chi connectivity index (χ0v) is 17.1. The molecule has 3 rings (SSSR count). The van der Waals surface area contributed by atoms with Crippen LogP contribution in [-0.4, -0.2) is 83.2 Å². The predicted octanol–water partition coefficient (Wildman–Crippen LogP) is 1.71. The highest BCUT2D eigenvalue weighted by atomic mass is 16.4. The Labute approximate surface area is 162 Å². The van der Waals surface area contributed by atoms with Crippen LogP contribution in [0.25, 0.3) is 0 Å². The van der Waals surface area contributed by atoms with E-state index in [-0.39, 0.29) is 6.42 Å². The Hall–Kier alpha value is -1.73.